The van der Waals surface area contributed by atoms with Gasteiger partial charge >= 0.3 is 51.4 Å². The Morgan fingerprint density at radius 1 is 1.31 bits per heavy atom. The molecular formula is C7H9KO4S. The number of aryl methyl sites for hydroxylation is 1. The second-order valence-electron chi connectivity index (χ2n) is 2.42. The van der Waals surface area contributed by atoms with Crippen molar-refractivity contribution in [2.75, 3.05) is 0 Å². The molecule has 13 heavy (non-hydrogen) atoms. The van der Waals surface area contributed by atoms with Crippen molar-refractivity contribution in [3.63, 3.8) is 0 Å². The summed E-state index contributed by atoms with van der Waals surface area (Å²) in [6.45, 7) is 1.49. The Morgan fingerprint density at radius 2 is 1.85 bits per heavy atom. The SMILES string of the molecule is Cc1cc(O)ccc1S(=O)(=O)O.[KH]. The molecule has 0 aromatic heterocycles. The van der Waals surface area contributed by atoms with Gasteiger partial charge in [-0.1, -0.05) is 0 Å². The minimum absolute atomic E-state index is 0. The van der Waals surface area contributed by atoms with E-state index in [2.05, 4.69) is 0 Å². The molecule has 0 saturated heterocycles. The molecule has 4 nitrogen and oxygen atoms in total. The number of benzene rings is 1. The molecule has 0 atom stereocenters. The Balaban J connectivity index is 0.00000144. The Hall–Kier alpha value is 0.566. The maximum absolute atomic E-state index is 10.6. The van der Waals surface area contributed by atoms with Crippen molar-refractivity contribution in [3.8, 4) is 5.75 Å². The van der Waals surface area contributed by atoms with Crippen LogP contribution in [0.4, 0.5) is 0 Å². The second-order valence-corrected chi connectivity index (χ2v) is 3.81. The van der Waals surface area contributed by atoms with E-state index in [-0.39, 0.29) is 62.0 Å². The van der Waals surface area contributed by atoms with Crippen molar-refractivity contribution >= 4 is 61.5 Å². The first-order valence-electron chi connectivity index (χ1n) is 3.18. The van der Waals surface area contributed by atoms with Crippen molar-refractivity contribution < 1.29 is 18.1 Å². The molecule has 0 unspecified atom stereocenters. The van der Waals surface area contributed by atoms with Crippen LogP contribution in [-0.4, -0.2) is 69.5 Å². The summed E-state index contributed by atoms with van der Waals surface area (Å²) in [6.07, 6.45) is 0. The Labute approximate surface area is 119 Å². The number of hydrogen-bond acceptors (Lipinski definition) is 3. The van der Waals surface area contributed by atoms with Crippen molar-refractivity contribution in [2.45, 2.75) is 11.8 Å². The number of rotatable bonds is 1. The summed E-state index contributed by atoms with van der Waals surface area (Å²) in [4.78, 5) is -0.180. The van der Waals surface area contributed by atoms with Gasteiger partial charge in [-0.3, -0.25) is 4.55 Å². The van der Waals surface area contributed by atoms with Crippen LogP contribution in [-0.2, 0) is 10.1 Å². The molecular weight excluding hydrogens is 219 g/mol. The van der Waals surface area contributed by atoms with E-state index in [4.69, 9.17) is 9.66 Å². The first-order valence-corrected chi connectivity index (χ1v) is 4.62. The molecule has 1 rings (SSSR count). The summed E-state index contributed by atoms with van der Waals surface area (Å²) in [5.41, 5.74) is 0.317. The van der Waals surface area contributed by atoms with E-state index >= 15 is 0 Å². The van der Waals surface area contributed by atoms with E-state index < -0.39 is 10.1 Å². The molecule has 0 spiro atoms. The van der Waals surface area contributed by atoms with Crippen molar-refractivity contribution in [3.05, 3.63) is 23.8 Å². The summed E-state index contributed by atoms with van der Waals surface area (Å²) < 4.78 is 29.9. The summed E-state index contributed by atoms with van der Waals surface area (Å²) in [5.74, 6) is -0.0279. The predicted molar refractivity (Wildman–Crippen MR) is 49.8 cm³/mol. The van der Waals surface area contributed by atoms with E-state index in [0.29, 0.717) is 5.56 Å². The van der Waals surface area contributed by atoms with Gasteiger partial charge in [0.25, 0.3) is 10.1 Å². The maximum atomic E-state index is 10.6. The molecule has 6 heteroatoms. The van der Waals surface area contributed by atoms with Gasteiger partial charge < -0.3 is 5.11 Å². The third kappa shape index (κ3) is 3.66. The van der Waals surface area contributed by atoms with Crippen molar-refractivity contribution in [1.82, 2.24) is 0 Å². The van der Waals surface area contributed by atoms with Crippen LogP contribution in [0.15, 0.2) is 23.1 Å². The van der Waals surface area contributed by atoms with Crippen LogP contribution in [0, 0.1) is 6.92 Å². The minimum atomic E-state index is -4.16. The fourth-order valence-corrected chi connectivity index (χ4v) is 1.63. The Bertz CT molecular complexity index is 399. The zero-order valence-corrected chi connectivity index (χ0v) is 7.17. The molecule has 0 saturated carbocycles. The quantitative estimate of drug-likeness (QED) is 0.535. The van der Waals surface area contributed by atoms with Gasteiger partial charge in [-0.05, 0) is 30.7 Å². The molecule has 0 fully saturated rings. The molecule has 0 aliphatic heterocycles. The zero-order valence-electron chi connectivity index (χ0n) is 6.35. The third-order valence-electron chi connectivity index (χ3n) is 1.44. The second kappa shape index (κ2) is 4.88. The average Bonchev–Trinajstić information content (AvgIpc) is 1.83. The topological polar surface area (TPSA) is 74.6 Å². The van der Waals surface area contributed by atoms with Gasteiger partial charge in [-0.2, -0.15) is 8.42 Å². The van der Waals surface area contributed by atoms with Crippen molar-refractivity contribution in [2.24, 2.45) is 0 Å². The normalized spacial score (nSPS) is 10.6. The predicted octanol–water partition coefficient (Wildman–Crippen LogP) is 0.299. The first kappa shape index (κ1) is 13.6. The van der Waals surface area contributed by atoms with Crippen LogP contribution in [0.1, 0.15) is 5.56 Å². The van der Waals surface area contributed by atoms with Crippen LogP contribution >= 0.6 is 0 Å². The molecule has 0 aliphatic carbocycles. The van der Waals surface area contributed by atoms with E-state index in [1.165, 1.54) is 19.1 Å². The molecule has 0 radical (unpaired) electrons. The summed E-state index contributed by atoms with van der Waals surface area (Å²) >= 11 is 0. The summed E-state index contributed by atoms with van der Waals surface area (Å²) in [5, 5.41) is 8.93. The molecule has 0 aliphatic rings. The molecule has 0 bridgehead atoms. The number of phenols is 1. The Morgan fingerprint density at radius 3 is 2.23 bits per heavy atom. The standard InChI is InChI=1S/C7H8O4S.K.H/c1-5-4-6(8)2-3-7(5)12(9,10)11;;/h2-4,8H,1H3,(H,9,10,11);;. The molecule has 0 amide bonds. The summed E-state index contributed by atoms with van der Waals surface area (Å²) in [6, 6.07) is 3.62. The zero-order chi connectivity index (χ0) is 9.35. The van der Waals surface area contributed by atoms with Gasteiger partial charge in [0.2, 0.25) is 0 Å². The molecule has 0 heterocycles. The van der Waals surface area contributed by atoms with Gasteiger partial charge in [0.1, 0.15) is 5.75 Å². The van der Waals surface area contributed by atoms with Crippen LogP contribution < -0.4 is 0 Å². The Kier molecular flexibility index (Phi) is 5.09. The van der Waals surface area contributed by atoms with Gasteiger partial charge in [-0.25, -0.2) is 0 Å². The molecule has 1 aromatic rings. The van der Waals surface area contributed by atoms with Gasteiger partial charge in [0, 0.05) is 0 Å². The van der Waals surface area contributed by atoms with Gasteiger partial charge in [-0.15, -0.1) is 0 Å². The fraction of sp³-hybridized carbons (Fsp3) is 0.143. The molecule has 2 N–H and O–H groups in total. The molecule has 68 valence electrons. The van der Waals surface area contributed by atoms with Crippen LogP contribution in [0.25, 0.3) is 0 Å². The monoisotopic (exact) mass is 228 g/mol. The van der Waals surface area contributed by atoms with E-state index in [1.54, 1.807) is 0 Å². The number of phenolic OH excluding ortho intramolecular Hbond substituents is 1. The first-order chi connectivity index (χ1) is 5.41. The van der Waals surface area contributed by atoms with Crippen molar-refractivity contribution in [1.29, 1.82) is 0 Å². The van der Waals surface area contributed by atoms with Gasteiger partial charge in [0.15, 0.2) is 0 Å². The fourth-order valence-electron chi connectivity index (χ4n) is 0.923. The van der Waals surface area contributed by atoms with E-state index in [0.717, 1.165) is 6.07 Å². The van der Waals surface area contributed by atoms with Gasteiger partial charge in [0.05, 0.1) is 4.90 Å². The third-order valence-corrected chi connectivity index (χ3v) is 2.45. The van der Waals surface area contributed by atoms with Crippen LogP contribution in [0.5, 0.6) is 5.75 Å². The van der Waals surface area contributed by atoms with Crippen LogP contribution in [0.3, 0.4) is 0 Å². The number of hydrogen-bond donors (Lipinski definition) is 2. The summed E-state index contributed by atoms with van der Waals surface area (Å²) in [7, 11) is -4.16. The van der Waals surface area contributed by atoms with E-state index in [1.807, 2.05) is 0 Å². The van der Waals surface area contributed by atoms with Crippen LogP contribution in [0.2, 0.25) is 0 Å². The number of aromatic hydroxyl groups is 1. The molecule has 1 aromatic carbocycles. The van der Waals surface area contributed by atoms with E-state index in [9.17, 15) is 8.42 Å². The average molecular weight is 228 g/mol.